The molecule has 2 fully saturated rings. The second kappa shape index (κ2) is 16.5. The molecule has 4 aromatic rings. The fourth-order valence-corrected chi connectivity index (χ4v) is 8.08. The zero-order chi connectivity index (χ0) is 33.2. The van der Waals surface area contributed by atoms with Gasteiger partial charge in [0.25, 0.3) is 0 Å². The summed E-state index contributed by atoms with van der Waals surface area (Å²) in [4.78, 5) is 5.58. The van der Waals surface area contributed by atoms with E-state index in [4.69, 9.17) is 18.9 Å². The summed E-state index contributed by atoms with van der Waals surface area (Å²) >= 11 is 0. The Labute approximate surface area is 281 Å². The molecular formula is C37H43NO7S2. The first-order valence-electron chi connectivity index (χ1n) is 15.9. The van der Waals surface area contributed by atoms with Crippen LogP contribution in [0, 0.1) is 6.92 Å². The topological polar surface area (TPSA) is 97.4 Å². The predicted molar refractivity (Wildman–Crippen MR) is 184 cm³/mol. The molecule has 2 aliphatic heterocycles. The van der Waals surface area contributed by atoms with Crippen molar-refractivity contribution in [1.29, 1.82) is 0 Å². The number of para-hydroxylation sites is 2. The van der Waals surface area contributed by atoms with Crippen molar-refractivity contribution < 1.29 is 31.9 Å². The first-order chi connectivity index (χ1) is 22.7. The van der Waals surface area contributed by atoms with E-state index in [1.807, 2.05) is 6.92 Å². The monoisotopic (exact) mass is 677 g/mol. The molecule has 4 aromatic carbocycles. The van der Waals surface area contributed by atoms with Gasteiger partial charge in [-0.15, -0.1) is 0 Å². The maximum absolute atomic E-state index is 10.4. The molecule has 250 valence electrons. The minimum Gasteiger partial charge on any atom is -0.744 e. The summed E-state index contributed by atoms with van der Waals surface area (Å²) < 4.78 is 55.6. The van der Waals surface area contributed by atoms with E-state index in [2.05, 4.69) is 91.8 Å². The summed E-state index contributed by atoms with van der Waals surface area (Å²) in [6.07, 6.45) is 4.02. The van der Waals surface area contributed by atoms with Gasteiger partial charge in [-0.2, -0.15) is 0 Å². The Balaban J connectivity index is 0.000000335. The molecule has 2 aliphatic rings. The van der Waals surface area contributed by atoms with Gasteiger partial charge in [-0.25, -0.2) is 8.42 Å². The van der Waals surface area contributed by atoms with E-state index in [9.17, 15) is 13.0 Å². The van der Waals surface area contributed by atoms with Crippen LogP contribution in [0.25, 0.3) is 0 Å². The van der Waals surface area contributed by atoms with E-state index in [0.29, 0.717) is 0 Å². The normalized spacial score (nSPS) is 15.9. The van der Waals surface area contributed by atoms with Crippen molar-refractivity contribution in [2.45, 2.75) is 64.4 Å². The number of aryl methyl sites for hydroxylation is 1. The van der Waals surface area contributed by atoms with Crippen LogP contribution in [0.5, 0.6) is 11.5 Å². The lowest BCUT2D eigenvalue weighted by molar-refractivity contribution is 0.0244. The van der Waals surface area contributed by atoms with E-state index in [0.717, 1.165) is 69.2 Å². The summed E-state index contributed by atoms with van der Waals surface area (Å²) in [7, 11) is -0.512. The van der Waals surface area contributed by atoms with Crippen LogP contribution in [-0.2, 0) is 30.5 Å². The average Bonchev–Trinajstić information content (AvgIpc) is 3.08. The highest BCUT2D eigenvalue weighted by atomic mass is 32.2. The number of hydrogen-bond donors (Lipinski definition) is 0. The number of anilines is 1. The van der Waals surface area contributed by atoms with Gasteiger partial charge in [-0.3, -0.25) is 0 Å². The van der Waals surface area contributed by atoms with Crippen LogP contribution in [0.3, 0.4) is 0 Å². The van der Waals surface area contributed by atoms with E-state index in [-0.39, 0.29) is 17.1 Å². The van der Waals surface area contributed by atoms with Gasteiger partial charge in [-0.1, -0.05) is 48.0 Å². The third-order valence-electron chi connectivity index (χ3n) is 7.94. The highest BCUT2D eigenvalue weighted by Crippen LogP contribution is 2.42. The maximum Gasteiger partial charge on any atom is 0.208 e. The second-order valence-corrected chi connectivity index (χ2v) is 15.1. The molecule has 0 spiro atoms. The Bertz CT molecular complexity index is 1620. The molecule has 0 radical (unpaired) electrons. The zero-order valence-corrected chi connectivity index (χ0v) is 28.8. The van der Waals surface area contributed by atoms with Crippen molar-refractivity contribution >= 4 is 26.7 Å². The Morgan fingerprint density at radius 2 is 1.19 bits per heavy atom. The quantitative estimate of drug-likeness (QED) is 0.140. The molecule has 0 N–H and O–H groups in total. The van der Waals surface area contributed by atoms with Crippen molar-refractivity contribution in [1.82, 2.24) is 0 Å². The van der Waals surface area contributed by atoms with Gasteiger partial charge in [-0.05, 0) is 55.5 Å². The van der Waals surface area contributed by atoms with Crippen LogP contribution in [-0.4, -0.2) is 65.7 Å². The Morgan fingerprint density at radius 1 is 0.702 bits per heavy atom. The highest BCUT2D eigenvalue weighted by Gasteiger charge is 2.36. The summed E-state index contributed by atoms with van der Waals surface area (Å²) in [6.45, 7) is 4.84. The molecule has 0 atom stereocenters. The first-order valence-corrected chi connectivity index (χ1v) is 18.5. The molecule has 0 aliphatic carbocycles. The van der Waals surface area contributed by atoms with Gasteiger partial charge >= 0.3 is 0 Å². The van der Waals surface area contributed by atoms with E-state index < -0.39 is 21.0 Å². The standard InChI is InChI=1S/C30H36NO4S.C7H8O3S/c1-31(2)23-8-7-9-26(22-23)36(29-12-5-3-10-27(29)34-24-14-18-32-19-15-24)30-13-6-4-11-28(30)35-25-16-20-33-21-17-25;1-6-2-4-7(5-3-6)11(8,9)10/h3-13,22,24-25H,14-21H2,1-2H3;2-5H,1H3,(H,8,9,10)/q+1;/p-1. The van der Waals surface area contributed by atoms with Crippen molar-refractivity contribution in [3.63, 3.8) is 0 Å². The molecule has 0 saturated carbocycles. The van der Waals surface area contributed by atoms with Crippen molar-refractivity contribution in [3.8, 4) is 11.5 Å². The van der Waals surface area contributed by atoms with Gasteiger partial charge in [0.05, 0.1) is 31.3 Å². The largest absolute Gasteiger partial charge is 0.744 e. The van der Waals surface area contributed by atoms with Crippen LogP contribution >= 0.6 is 0 Å². The molecule has 0 bridgehead atoms. The third kappa shape index (κ3) is 9.74. The molecule has 8 nitrogen and oxygen atoms in total. The minimum absolute atomic E-state index is 0.173. The third-order valence-corrected chi connectivity index (χ3v) is 11.1. The summed E-state index contributed by atoms with van der Waals surface area (Å²) in [5.41, 5.74) is 2.10. The highest BCUT2D eigenvalue weighted by molar-refractivity contribution is 7.97. The van der Waals surface area contributed by atoms with Crippen molar-refractivity contribution in [2.75, 3.05) is 45.4 Å². The molecule has 0 amide bonds. The first kappa shape index (κ1) is 34.8. The molecule has 2 heterocycles. The Morgan fingerprint density at radius 3 is 1.66 bits per heavy atom. The van der Waals surface area contributed by atoms with Crippen LogP contribution in [0.1, 0.15) is 31.2 Å². The van der Waals surface area contributed by atoms with Gasteiger partial charge in [0.1, 0.15) is 33.2 Å². The lowest BCUT2D eigenvalue weighted by Crippen LogP contribution is -2.27. The zero-order valence-electron chi connectivity index (χ0n) is 27.2. The predicted octanol–water partition coefficient (Wildman–Crippen LogP) is 6.86. The fraction of sp³-hybridized carbons (Fsp3) is 0.351. The van der Waals surface area contributed by atoms with Gasteiger partial charge in [0.2, 0.25) is 9.79 Å². The minimum atomic E-state index is -4.27. The summed E-state index contributed by atoms with van der Waals surface area (Å²) in [6, 6.07) is 31.6. The van der Waals surface area contributed by atoms with Crippen LogP contribution in [0.15, 0.2) is 117 Å². The maximum atomic E-state index is 10.4. The van der Waals surface area contributed by atoms with Gasteiger partial charge in [0.15, 0.2) is 16.4 Å². The smallest absolute Gasteiger partial charge is 0.208 e. The SMILES string of the molecule is CN(C)c1cccc([S+](c2ccccc2OC2CCOCC2)c2ccccc2OC2CCOCC2)c1.Cc1ccc(S(=O)(=O)[O-])cc1. The number of hydrogen-bond acceptors (Lipinski definition) is 8. The van der Waals surface area contributed by atoms with Crippen molar-refractivity contribution in [2.24, 2.45) is 0 Å². The Hall–Kier alpha value is -3.54. The lowest BCUT2D eigenvalue weighted by Gasteiger charge is -2.25. The average molecular weight is 678 g/mol. The number of ether oxygens (including phenoxy) is 4. The number of rotatable bonds is 9. The number of benzene rings is 4. The molecule has 2 saturated heterocycles. The fourth-order valence-electron chi connectivity index (χ4n) is 5.35. The molecule has 6 rings (SSSR count). The van der Waals surface area contributed by atoms with Crippen LogP contribution in [0.2, 0.25) is 0 Å². The van der Waals surface area contributed by atoms with E-state index in [1.165, 1.54) is 32.5 Å². The molecule has 47 heavy (non-hydrogen) atoms. The van der Waals surface area contributed by atoms with Crippen LogP contribution < -0.4 is 14.4 Å². The van der Waals surface area contributed by atoms with E-state index in [1.54, 1.807) is 12.1 Å². The lowest BCUT2D eigenvalue weighted by atomic mass is 10.1. The molecule has 0 aromatic heterocycles. The number of nitrogens with zero attached hydrogens (tertiary/aromatic N) is 1. The van der Waals surface area contributed by atoms with Crippen molar-refractivity contribution in [3.05, 3.63) is 103 Å². The van der Waals surface area contributed by atoms with Gasteiger partial charge in [0, 0.05) is 51.5 Å². The van der Waals surface area contributed by atoms with Gasteiger partial charge < -0.3 is 28.4 Å². The van der Waals surface area contributed by atoms with Crippen LogP contribution in [0.4, 0.5) is 5.69 Å². The Kier molecular flexibility index (Phi) is 12.2. The summed E-state index contributed by atoms with van der Waals surface area (Å²) in [5.74, 6) is 1.90. The van der Waals surface area contributed by atoms with E-state index >= 15 is 0 Å². The summed E-state index contributed by atoms with van der Waals surface area (Å²) in [5, 5.41) is 0. The molecule has 10 heteroatoms. The molecular weight excluding hydrogens is 635 g/mol. The molecule has 0 unspecified atom stereocenters. The second-order valence-electron chi connectivity index (χ2n) is 11.7.